The molecule has 6 nitrogen and oxygen atoms in total. The zero-order chi connectivity index (χ0) is 21.5. The van der Waals surface area contributed by atoms with Gasteiger partial charge in [0.05, 0.1) is 16.7 Å². The molecule has 1 saturated heterocycles. The van der Waals surface area contributed by atoms with Gasteiger partial charge >= 0.3 is 5.97 Å². The van der Waals surface area contributed by atoms with E-state index in [9.17, 15) is 14.3 Å². The lowest BCUT2D eigenvalue weighted by Crippen LogP contribution is -2.52. The minimum Gasteiger partial charge on any atom is -0.481 e. The molecule has 1 N–H and O–H groups in total. The summed E-state index contributed by atoms with van der Waals surface area (Å²) >= 11 is 3.54. The Hall–Kier alpha value is -1.93. The number of piperazine rings is 1. The second-order valence-corrected chi connectivity index (χ2v) is 9.76. The molecule has 0 saturated carbocycles. The Morgan fingerprint density at radius 3 is 2.77 bits per heavy atom. The average Bonchev–Trinajstić information content (AvgIpc) is 2.84. The maximum absolute atomic E-state index is 14.1. The highest BCUT2D eigenvalue weighted by molar-refractivity contribution is 9.10. The molecular weight excluding hydrogens is 453 g/mol. The molecule has 1 fully saturated rings. The summed E-state index contributed by atoms with van der Waals surface area (Å²) in [5.41, 5.74) is 0.810. The summed E-state index contributed by atoms with van der Waals surface area (Å²) in [5, 5.41) is 9.42. The Bertz CT molecular complexity index is 907. The molecule has 0 radical (unpaired) electrons. The van der Waals surface area contributed by atoms with Gasteiger partial charge in [-0.2, -0.15) is 0 Å². The van der Waals surface area contributed by atoms with Crippen LogP contribution in [0, 0.1) is 5.41 Å². The third-order valence-electron chi connectivity index (χ3n) is 5.95. The van der Waals surface area contributed by atoms with E-state index in [0.29, 0.717) is 25.1 Å². The molecule has 1 atom stereocenters. The van der Waals surface area contributed by atoms with Crippen LogP contribution >= 0.6 is 15.9 Å². The number of alkyl halides is 1. The third-order valence-corrected chi connectivity index (χ3v) is 6.44. The summed E-state index contributed by atoms with van der Waals surface area (Å²) in [6, 6.07) is 5.87. The van der Waals surface area contributed by atoms with Gasteiger partial charge in [-0.15, -0.1) is 0 Å². The number of nitrogens with zero attached hydrogens (tertiary/aromatic N) is 3. The molecule has 2 heterocycles. The number of hydrogen-bond donors (Lipinski definition) is 1. The van der Waals surface area contributed by atoms with Gasteiger partial charge in [0, 0.05) is 50.0 Å². The van der Waals surface area contributed by atoms with Gasteiger partial charge in [0.2, 0.25) is 0 Å². The summed E-state index contributed by atoms with van der Waals surface area (Å²) in [4.78, 5) is 20.8. The van der Waals surface area contributed by atoms with Crippen molar-refractivity contribution in [2.75, 3.05) is 32.7 Å². The molecule has 3 aliphatic rings. The lowest BCUT2D eigenvalue weighted by Gasteiger charge is -2.39. The molecule has 8 heteroatoms. The van der Waals surface area contributed by atoms with Crippen LogP contribution in [0.1, 0.15) is 38.7 Å². The zero-order valence-corrected chi connectivity index (χ0v) is 18.9. The normalized spacial score (nSPS) is 22.6. The second kappa shape index (κ2) is 8.30. The van der Waals surface area contributed by atoms with E-state index in [4.69, 9.17) is 9.73 Å². The monoisotopic (exact) mass is 479 g/mol. The topological polar surface area (TPSA) is 65.4 Å². The molecule has 0 bridgehead atoms. The highest BCUT2D eigenvalue weighted by Gasteiger charge is 2.33. The molecule has 2 aliphatic heterocycles. The van der Waals surface area contributed by atoms with Gasteiger partial charge in [0.25, 0.3) is 0 Å². The number of hydrogen-bond acceptors (Lipinski definition) is 5. The molecule has 0 aromatic heterocycles. The lowest BCUT2D eigenvalue weighted by atomic mass is 9.93. The number of amidine groups is 1. The summed E-state index contributed by atoms with van der Waals surface area (Å²) in [6.07, 6.45) is 0.412. The van der Waals surface area contributed by atoms with Gasteiger partial charge in [0.1, 0.15) is 23.5 Å². The maximum atomic E-state index is 14.1. The summed E-state index contributed by atoms with van der Waals surface area (Å²) in [5.74, 6) is 1.53. The number of benzene rings is 1. The van der Waals surface area contributed by atoms with E-state index in [1.807, 2.05) is 18.2 Å². The molecule has 162 valence electrons. The van der Waals surface area contributed by atoms with E-state index in [1.165, 1.54) is 0 Å². The van der Waals surface area contributed by atoms with Crippen molar-refractivity contribution in [2.24, 2.45) is 10.4 Å². The fraction of sp³-hybridized carbons (Fsp3) is 0.545. The van der Waals surface area contributed by atoms with Crippen LogP contribution in [0.5, 0.6) is 5.75 Å². The van der Waals surface area contributed by atoms with Crippen LogP contribution in [0.2, 0.25) is 0 Å². The van der Waals surface area contributed by atoms with Crippen LogP contribution in [0.4, 0.5) is 4.39 Å². The molecular formula is C22H27BrFN3O3. The maximum Gasteiger partial charge on any atom is 0.310 e. The highest BCUT2D eigenvalue weighted by Crippen LogP contribution is 2.36. The minimum atomic E-state index is -0.889. The number of ether oxygens (including phenoxy) is 1. The van der Waals surface area contributed by atoms with Crippen molar-refractivity contribution in [3.63, 3.8) is 0 Å². The first-order valence-corrected chi connectivity index (χ1v) is 11.2. The van der Waals surface area contributed by atoms with Gasteiger partial charge in [-0.05, 0) is 38.5 Å². The number of aliphatic carboxylic acids is 1. The molecule has 1 aromatic rings. The van der Waals surface area contributed by atoms with Gasteiger partial charge in [-0.1, -0.05) is 15.9 Å². The predicted octanol–water partition coefficient (Wildman–Crippen LogP) is 4.05. The zero-order valence-electron chi connectivity index (χ0n) is 17.3. The minimum absolute atomic E-state index is 0.279. The Morgan fingerprint density at radius 2 is 2.07 bits per heavy atom. The molecule has 1 aliphatic carbocycles. The standard InChI is InChI=1S/C22H27BrFN3O3/c1-22(2,21(28)29)13-26-7-9-27(10-8-26)20-16-11-14(23)3-5-18(16)30-19-6-4-15(24)12-17(19)25-20/h3,5,11,15H,4,6-10,12-13H2,1-2H3,(H,28,29). The van der Waals surface area contributed by atoms with Crippen LogP contribution < -0.4 is 4.74 Å². The second-order valence-electron chi connectivity index (χ2n) is 8.84. The lowest BCUT2D eigenvalue weighted by molar-refractivity contribution is -0.148. The summed E-state index contributed by atoms with van der Waals surface area (Å²) in [6.45, 7) is 6.96. The fourth-order valence-electron chi connectivity index (χ4n) is 4.15. The van der Waals surface area contributed by atoms with E-state index < -0.39 is 17.6 Å². The van der Waals surface area contributed by atoms with Crippen molar-refractivity contribution < 1.29 is 19.0 Å². The molecule has 30 heavy (non-hydrogen) atoms. The predicted molar refractivity (Wildman–Crippen MR) is 117 cm³/mol. The molecule has 0 spiro atoms. The molecule has 1 aromatic carbocycles. The first-order chi connectivity index (χ1) is 14.2. The number of halogens is 2. The van der Waals surface area contributed by atoms with E-state index in [0.717, 1.165) is 53.6 Å². The van der Waals surface area contributed by atoms with Gasteiger partial charge in [0.15, 0.2) is 0 Å². The van der Waals surface area contributed by atoms with E-state index >= 15 is 0 Å². The van der Waals surface area contributed by atoms with Crippen LogP contribution in [0.3, 0.4) is 0 Å². The van der Waals surface area contributed by atoms with Crippen LogP contribution in [0.15, 0.2) is 39.1 Å². The van der Waals surface area contributed by atoms with Gasteiger partial charge < -0.3 is 14.7 Å². The first-order valence-electron chi connectivity index (χ1n) is 10.4. The molecule has 4 rings (SSSR count). The highest BCUT2D eigenvalue weighted by atomic mass is 79.9. The van der Waals surface area contributed by atoms with E-state index in [1.54, 1.807) is 13.8 Å². The van der Waals surface area contributed by atoms with Crippen LogP contribution in [0.25, 0.3) is 0 Å². The Kier molecular flexibility index (Phi) is 5.90. The van der Waals surface area contributed by atoms with Crippen molar-refractivity contribution in [1.82, 2.24) is 9.80 Å². The van der Waals surface area contributed by atoms with Gasteiger partial charge in [-0.3, -0.25) is 9.69 Å². The quantitative estimate of drug-likeness (QED) is 0.708. The smallest absolute Gasteiger partial charge is 0.310 e. The van der Waals surface area contributed by atoms with Crippen molar-refractivity contribution in [3.8, 4) is 5.75 Å². The van der Waals surface area contributed by atoms with Crippen molar-refractivity contribution in [2.45, 2.75) is 39.3 Å². The van der Waals surface area contributed by atoms with Gasteiger partial charge in [-0.25, -0.2) is 9.38 Å². The summed E-state index contributed by atoms with van der Waals surface area (Å²) in [7, 11) is 0. The Labute approximate surface area is 184 Å². The van der Waals surface area contributed by atoms with Crippen LogP contribution in [-0.4, -0.2) is 65.6 Å². The SMILES string of the molecule is CC(C)(CN1CCN(C2=NC3=C(CCC(F)C3)Oc3ccc(Br)cc32)CC1)C(=O)O. The fourth-order valence-corrected chi connectivity index (χ4v) is 4.51. The van der Waals surface area contributed by atoms with E-state index in [-0.39, 0.29) is 6.42 Å². The van der Waals surface area contributed by atoms with Crippen molar-refractivity contribution >= 4 is 27.7 Å². The number of allylic oxidation sites excluding steroid dienone is 2. The number of carboxylic acids is 1. The van der Waals surface area contributed by atoms with Crippen molar-refractivity contribution in [3.05, 3.63) is 39.7 Å². The third kappa shape index (κ3) is 4.39. The van der Waals surface area contributed by atoms with Crippen LogP contribution in [-0.2, 0) is 4.79 Å². The Balaban J connectivity index is 1.59. The number of fused-ring (bicyclic) bond motifs is 1. The van der Waals surface area contributed by atoms with E-state index in [2.05, 4.69) is 25.7 Å². The largest absolute Gasteiger partial charge is 0.481 e. The number of carboxylic acid groups (broad SMARTS) is 1. The molecule has 0 amide bonds. The number of rotatable bonds is 3. The van der Waals surface area contributed by atoms with Crippen molar-refractivity contribution in [1.29, 1.82) is 0 Å². The number of aliphatic imine (C=N–C) groups is 1. The summed E-state index contributed by atoms with van der Waals surface area (Å²) < 4.78 is 21.2. The number of carbonyl (C=O) groups is 1. The Morgan fingerprint density at radius 1 is 1.33 bits per heavy atom. The molecule has 1 unspecified atom stereocenters. The average molecular weight is 480 g/mol. The first kappa shape index (κ1) is 21.3.